The molecule has 2 N–H and O–H groups in total. The largest absolute Gasteiger partial charge is 0.523 e. The maximum atomic E-state index is 13.7. The van der Waals surface area contributed by atoms with Crippen molar-refractivity contribution in [1.29, 1.82) is 0 Å². The van der Waals surface area contributed by atoms with Gasteiger partial charge in [0, 0.05) is 0 Å². The van der Waals surface area contributed by atoms with Gasteiger partial charge in [0.2, 0.25) is 5.28 Å². The Bertz CT molecular complexity index is 1400. The molecule has 0 amide bonds. The molecule has 0 aliphatic carbocycles. The number of alkyl halides is 3. The summed E-state index contributed by atoms with van der Waals surface area (Å²) in [7, 11) is -12.6. The van der Waals surface area contributed by atoms with Crippen LogP contribution in [0.2, 0.25) is 27.4 Å². The van der Waals surface area contributed by atoms with Crippen molar-refractivity contribution < 1.29 is 43.5 Å². The van der Waals surface area contributed by atoms with Crippen LogP contribution in [-0.2, 0) is 32.0 Å². The van der Waals surface area contributed by atoms with Crippen molar-refractivity contribution in [3.05, 3.63) is 11.6 Å². The first-order valence-electron chi connectivity index (χ1n) is 13.6. The Kier molecular flexibility index (Phi) is 9.19. The Labute approximate surface area is 250 Å². The Morgan fingerprint density at radius 1 is 1.05 bits per heavy atom. The maximum Gasteiger partial charge on any atom is 0.523 e. The first kappa shape index (κ1) is 33.5. The first-order valence-corrected chi connectivity index (χ1v) is 19.3. The fraction of sp³-hybridized carbons (Fsp3) is 0.783. The van der Waals surface area contributed by atoms with Crippen molar-refractivity contribution in [2.45, 2.75) is 108 Å². The minimum atomic E-state index is -6.11. The second-order valence-electron chi connectivity index (χ2n) is 11.8. The fourth-order valence-electron chi connectivity index (χ4n) is 5.75. The summed E-state index contributed by atoms with van der Waals surface area (Å²) in [5, 5.41) is -0.255. The van der Waals surface area contributed by atoms with E-state index in [2.05, 4.69) is 15.0 Å². The number of nitrogens with zero attached hydrogens (tertiary/aromatic N) is 4. The summed E-state index contributed by atoms with van der Waals surface area (Å²) in [6.45, 7) is 15.6. The zero-order valence-corrected chi connectivity index (χ0v) is 28.1. The van der Waals surface area contributed by atoms with Crippen LogP contribution in [0, 0.1) is 0 Å². The molecule has 0 spiro atoms. The maximum absolute atomic E-state index is 13.7. The van der Waals surface area contributed by atoms with E-state index in [1.807, 2.05) is 55.4 Å². The lowest BCUT2D eigenvalue weighted by molar-refractivity contribution is -0.0694. The van der Waals surface area contributed by atoms with Crippen LogP contribution in [-0.4, -0.2) is 75.5 Å². The quantitative estimate of drug-likeness (QED) is 0.180. The molecule has 2 fully saturated rings. The van der Waals surface area contributed by atoms with Gasteiger partial charge in [-0.15, -0.1) is 0 Å². The molecule has 0 bridgehead atoms. The molecule has 0 aromatic carbocycles. The molecule has 0 radical (unpaired) electrons. The molecular formula is C23H37ClF3N5O7SSi2. The van der Waals surface area contributed by atoms with E-state index in [4.69, 9.17) is 39.2 Å². The summed E-state index contributed by atoms with van der Waals surface area (Å²) < 4.78 is 98.8. The fourth-order valence-corrected chi connectivity index (χ4v) is 17.7. The molecule has 12 nitrogen and oxygen atoms in total. The standard InChI is InChI=1S/C23H37ClF3N5O7SSi2/c1-11(2)41(12(3)4)35-9-15-17(38-42(39-41,13(5)6)14(7)8)18(37-40(33,34)23(25,26)27)21(36-15)32-10-29-16-19(28)30-22(24)31-20(16)32/h10-15,17-18,21H,9H2,1-8H3,(H2,28,30,31)/t15-,17-,18-,21-/m1/s1. The molecule has 2 aromatic rings. The highest BCUT2D eigenvalue weighted by Crippen LogP contribution is 2.49. The van der Waals surface area contributed by atoms with Crippen LogP contribution in [0.5, 0.6) is 0 Å². The Balaban J connectivity index is 1.92. The molecular weight excluding hydrogens is 639 g/mol. The minimum absolute atomic E-state index is 0.00579. The minimum Gasteiger partial charge on any atom is -0.414 e. The predicted molar refractivity (Wildman–Crippen MR) is 152 cm³/mol. The molecule has 2 saturated heterocycles. The summed E-state index contributed by atoms with van der Waals surface area (Å²) in [6, 6.07) is 0. The third-order valence-electron chi connectivity index (χ3n) is 7.83. The van der Waals surface area contributed by atoms with Crippen molar-refractivity contribution >= 4 is 55.8 Å². The summed E-state index contributed by atoms with van der Waals surface area (Å²) >= 11 is 6.01. The second kappa shape index (κ2) is 11.5. The smallest absolute Gasteiger partial charge is 0.414 e. The number of imidazole rings is 1. The highest BCUT2D eigenvalue weighted by molar-refractivity contribution is 7.87. The third kappa shape index (κ3) is 5.62. The van der Waals surface area contributed by atoms with Crippen molar-refractivity contribution in [2.24, 2.45) is 0 Å². The number of anilines is 1. The van der Waals surface area contributed by atoms with Gasteiger partial charge in [-0.05, 0) is 33.8 Å². The summed E-state index contributed by atoms with van der Waals surface area (Å²) in [5.74, 6) is -0.0863. The van der Waals surface area contributed by atoms with E-state index in [9.17, 15) is 21.6 Å². The number of aromatic nitrogens is 4. The van der Waals surface area contributed by atoms with Crippen LogP contribution in [0.15, 0.2) is 6.33 Å². The van der Waals surface area contributed by atoms with Crippen molar-refractivity contribution in [3.8, 4) is 0 Å². The summed E-state index contributed by atoms with van der Waals surface area (Å²) in [6.07, 6.45) is -4.51. The van der Waals surface area contributed by atoms with Gasteiger partial charge < -0.3 is 23.4 Å². The molecule has 0 saturated carbocycles. The molecule has 19 heteroatoms. The molecule has 2 aromatic heterocycles. The van der Waals surface area contributed by atoms with Crippen LogP contribution < -0.4 is 5.73 Å². The van der Waals surface area contributed by atoms with Crippen molar-refractivity contribution in [3.63, 3.8) is 0 Å². The molecule has 4 rings (SSSR count). The first-order chi connectivity index (χ1) is 19.3. The number of hydrogen-bond donors (Lipinski definition) is 1. The number of hydrogen-bond acceptors (Lipinski definition) is 11. The van der Waals surface area contributed by atoms with E-state index in [0.29, 0.717) is 0 Å². The molecule has 238 valence electrons. The Morgan fingerprint density at radius 2 is 1.62 bits per heavy atom. The molecule has 0 unspecified atom stereocenters. The topological polar surface area (TPSA) is 150 Å². The summed E-state index contributed by atoms with van der Waals surface area (Å²) in [5.41, 5.74) is -0.131. The van der Waals surface area contributed by atoms with Gasteiger partial charge in [-0.1, -0.05) is 55.4 Å². The Morgan fingerprint density at radius 3 is 2.14 bits per heavy atom. The van der Waals surface area contributed by atoms with Crippen molar-refractivity contribution in [2.75, 3.05) is 12.3 Å². The van der Waals surface area contributed by atoms with Gasteiger partial charge in [0.15, 0.2) is 23.8 Å². The molecule has 2 aliphatic rings. The van der Waals surface area contributed by atoms with Crippen LogP contribution >= 0.6 is 11.6 Å². The van der Waals surface area contributed by atoms with E-state index < -0.39 is 57.3 Å². The van der Waals surface area contributed by atoms with E-state index in [-0.39, 0.29) is 51.0 Å². The molecule has 4 heterocycles. The molecule has 4 atom stereocenters. The predicted octanol–water partition coefficient (Wildman–Crippen LogP) is 5.15. The van der Waals surface area contributed by atoms with Gasteiger partial charge in [0.25, 0.3) is 0 Å². The van der Waals surface area contributed by atoms with Crippen molar-refractivity contribution in [1.82, 2.24) is 19.5 Å². The monoisotopic (exact) mass is 675 g/mol. The second-order valence-corrected chi connectivity index (χ2v) is 22.5. The highest BCUT2D eigenvalue weighted by Gasteiger charge is 2.63. The SMILES string of the molecule is CC(C)[Si]1(C(C)C)OC[C@H]2O[C@@H](n3cnc4c(N)nc(Cl)nc43)[C@H](OS(=O)(=O)C(F)(F)F)[C@@H]2O[Si](C(C)C)(C(C)C)O1. The Hall–Kier alpha value is -1.39. The highest BCUT2D eigenvalue weighted by atomic mass is 35.5. The van der Waals surface area contributed by atoms with Crippen LogP contribution in [0.3, 0.4) is 0 Å². The van der Waals surface area contributed by atoms with Crippen LogP contribution in [0.25, 0.3) is 11.2 Å². The molecule has 42 heavy (non-hydrogen) atoms. The van der Waals surface area contributed by atoms with Crippen LogP contribution in [0.1, 0.15) is 61.6 Å². The number of halogens is 4. The zero-order valence-electron chi connectivity index (χ0n) is 24.5. The van der Waals surface area contributed by atoms with Gasteiger partial charge in [-0.3, -0.25) is 8.75 Å². The van der Waals surface area contributed by atoms with Gasteiger partial charge in [0.05, 0.1) is 12.9 Å². The summed E-state index contributed by atoms with van der Waals surface area (Å²) in [4.78, 5) is 12.1. The van der Waals surface area contributed by atoms with E-state index in [1.165, 1.54) is 10.9 Å². The van der Waals surface area contributed by atoms with Gasteiger partial charge in [0.1, 0.15) is 17.7 Å². The van der Waals surface area contributed by atoms with E-state index in [1.54, 1.807) is 0 Å². The number of rotatable bonds is 7. The number of nitrogens with two attached hydrogens (primary N) is 1. The van der Waals surface area contributed by atoms with Gasteiger partial charge in [-0.25, -0.2) is 4.98 Å². The zero-order chi connectivity index (χ0) is 31.6. The lowest BCUT2D eigenvalue weighted by Crippen LogP contribution is -2.66. The number of nitrogen functional groups attached to an aromatic ring is 1. The van der Waals surface area contributed by atoms with Gasteiger partial charge in [-0.2, -0.15) is 31.6 Å². The number of fused-ring (bicyclic) bond motifs is 2. The normalized spacial score (nSPS) is 26.8. The van der Waals surface area contributed by atoms with Gasteiger partial charge >= 0.3 is 32.7 Å². The van der Waals surface area contributed by atoms with Crippen LogP contribution in [0.4, 0.5) is 19.0 Å². The van der Waals surface area contributed by atoms with E-state index >= 15 is 0 Å². The van der Waals surface area contributed by atoms with E-state index in [0.717, 1.165) is 0 Å². The lowest BCUT2D eigenvalue weighted by atomic mass is 10.1. The lowest BCUT2D eigenvalue weighted by Gasteiger charge is -2.51. The third-order valence-corrected chi connectivity index (χ3v) is 19.3. The average Bonchev–Trinajstić information content (AvgIpc) is 3.38. The molecule has 2 aliphatic heterocycles. The average molecular weight is 676 g/mol. The number of ether oxygens (including phenoxy) is 1.